The molecule has 0 heterocycles. The average Bonchev–Trinajstić information content (AvgIpc) is 2.72. The third-order valence-electron chi connectivity index (χ3n) is 3.96. The van der Waals surface area contributed by atoms with Crippen LogP contribution in [0.4, 0.5) is 0 Å². The van der Waals surface area contributed by atoms with Crippen molar-refractivity contribution in [3.63, 3.8) is 0 Å². The molecule has 0 saturated heterocycles. The SMILES string of the molecule is COc1cccc(COc2cccc(-c3ccc(C(=O)NO)cc3)c2)c1. The van der Waals surface area contributed by atoms with E-state index in [1.54, 1.807) is 24.7 Å². The van der Waals surface area contributed by atoms with Crippen LogP contribution in [0, 0.1) is 0 Å². The van der Waals surface area contributed by atoms with Crippen molar-refractivity contribution in [2.45, 2.75) is 6.61 Å². The smallest absolute Gasteiger partial charge is 0.274 e. The van der Waals surface area contributed by atoms with E-state index in [1.165, 1.54) is 0 Å². The number of benzene rings is 3. The van der Waals surface area contributed by atoms with E-state index in [9.17, 15) is 4.79 Å². The van der Waals surface area contributed by atoms with Crippen LogP contribution in [0.2, 0.25) is 0 Å². The summed E-state index contributed by atoms with van der Waals surface area (Å²) in [5.74, 6) is 1.02. The molecule has 0 aromatic heterocycles. The van der Waals surface area contributed by atoms with Crippen LogP contribution >= 0.6 is 0 Å². The van der Waals surface area contributed by atoms with E-state index in [4.69, 9.17) is 14.7 Å². The van der Waals surface area contributed by atoms with Gasteiger partial charge in [-0.15, -0.1) is 0 Å². The first kappa shape index (κ1) is 17.5. The van der Waals surface area contributed by atoms with Gasteiger partial charge in [-0.2, -0.15) is 0 Å². The molecule has 0 aliphatic rings. The van der Waals surface area contributed by atoms with Gasteiger partial charge in [-0.1, -0.05) is 36.4 Å². The van der Waals surface area contributed by atoms with Crippen molar-refractivity contribution >= 4 is 5.91 Å². The Labute approximate surface area is 151 Å². The minimum atomic E-state index is -0.535. The fourth-order valence-corrected chi connectivity index (χ4v) is 2.57. The van der Waals surface area contributed by atoms with Crippen LogP contribution in [-0.2, 0) is 6.61 Å². The summed E-state index contributed by atoms with van der Waals surface area (Å²) in [4.78, 5) is 11.4. The molecule has 5 heteroatoms. The molecule has 3 aromatic rings. The monoisotopic (exact) mass is 349 g/mol. The predicted molar refractivity (Wildman–Crippen MR) is 98.5 cm³/mol. The Hall–Kier alpha value is -3.31. The first-order valence-corrected chi connectivity index (χ1v) is 8.10. The lowest BCUT2D eigenvalue weighted by Crippen LogP contribution is -2.18. The molecule has 3 rings (SSSR count). The zero-order valence-electron chi connectivity index (χ0n) is 14.3. The molecular weight excluding hydrogens is 330 g/mol. The Kier molecular flexibility index (Phi) is 5.51. The molecule has 0 aliphatic heterocycles. The van der Waals surface area contributed by atoms with Crippen molar-refractivity contribution in [3.05, 3.63) is 83.9 Å². The molecule has 2 N–H and O–H groups in total. The third kappa shape index (κ3) is 4.20. The van der Waals surface area contributed by atoms with E-state index in [-0.39, 0.29) is 0 Å². The van der Waals surface area contributed by atoms with Gasteiger partial charge in [-0.25, -0.2) is 5.48 Å². The molecule has 132 valence electrons. The lowest BCUT2D eigenvalue weighted by Gasteiger charge is -2.10. The zero-order chi connectivity index (χ0) is 18.4. The highest BCUT2D eigenvalue weighted by atomic mass is 16.5. The van der Waals surface area contributed by atoms with Crippen LogP contribution in [0.25, 0.3) is 11.1 Å². The molecule has 0 aliphatic carbocycles. The zero-order valence-corrected chi connectivity index (χ0v) is 14.3. The number of hydrogen-bond donors (Lipinski definition) is 2. The summed E-state index contributed by atoms with van der Waals surface area (Å²) < 4.78 is 11.1. The normalized spacial score (nSPS) is 10.2. The second-order valence-corrected chi connectivity index (χ2v) is 5.69. The highest BCUT2D eigenvalue weighted by Gasteiger charge is 2.05. The van der Waals surface area contributed by atoms with Crippen LogP contribution < -0.4 is 15.0 Å². The molecule has 1 amide bonds. The summed E-state index contributed by atoms with van der Waals surface area (Å²) in [6.07, 6.45) is 0. The van der Waals surface area contributed by atoms with Crippen LogP contribution in [0.15, 0.2) is 72.8 Å². The molecule has 5 nitrogen and oxygen atoms in total. The van der Waals surface area contributed by atoms with Gasteiger partial charge in [-0.05, 0) is 53.1 Å². The van der Waals surface area contributed by atoms with Gasteiger partial charge in [0.05, 0.1) is 7.11 Å². The second-order valence-electron chi connectivity index (χ2n) is 5.69. The van der Waals surface area contributed by atoms with Gasteiger partial charge in [0.15, 0.2) is 0 Å². The van der Waals surface area contributed by atoms with Gasteiger partial charge in [0, 0.05) is 5.56 Å². The summed E-state index contributed by atoms with van der Waals surface area (Å²) in [5.41, 5.74) is 4.96. The number of methoxy groups -OCH3 is 1. The Morgan fingerprint density at radius 3 is 2.38 bits per heavy atom. The maximum atomic E-state index is 11.4. The first-order chi connectivity index (χ1) is 12.7. The summed E-state index contributed by atoms with van der Waals surface area (Å²) in [7, 11) is 1.64. The first-order valence-electron chi connectivity index (χ1n) is 8.10. The molecule has 0 fully saturated rings. The Morgan fingerprint density at radius 2 is 1.65 bits per heavy atom. The maximum absolute atomic E-state index is 11.4. The lowest BCUT2D eigenvalue weighted by molar-refractivity contribution is 0.0706. The average molecular weight is 349 g/mol. The fraction of sp³-hybridized carbons (Fsp3) is 0.0952. The van der Waals surface area contributed by atoms with E-state index in [1.807, 2.05) is 60.7 Å². The number of hydroxylamine groups is 1. The largest absolute Gasteiger partial charge is 0.497 e. The molecule has 0 radical (unpaired) electrons. The molecular formula is C21H19NO4. The fourth-order valence-electron chi connectivity index (χ4n) is 2.57. The molecule has 0 bridgehead atoms. The predicted octanol–water partition coefficient (Wildman–Crippen LogP) is 4.06. The lowest BCUT2D eigenvalue weighted by atomic mass is 10.0. The van der Waals surface area contributed by atoms with Gasteiger partial charge >= 0.3 is 0 Å². The summed E-state index contributed by atoms with van der Waals surface area (Å²) in [5, 5.41) is 8.67. The van der Waals surface area contributed by atoms with Gasteiger partial charge in [-0.3, -0.25) is 10.0 Å². The van der Waals surface area contributed by atoms with E-state index in [2.05, 4.69) is 0 Å². The molecule has 3 aromatic carbocycles. The minimum Gasteiger partial charge on any atom is -0.497 e. The summed E-state index contributed by atoms with van der Waals surface area (Å²) in [6.45, 7) is 0.441. The van der Waals surface area contributed by atoms with Crippen LogP contribution in [0.5, 0.6) is 11.5 Å². The third-order valence-corrected chi connectivity index (χ3v) is 3.96. The van der Waals surface area contributed by atoms with Crippen molar-refractivity contribution in [3.8, 4) is 22.6 Å². The van der Waals surface area contributed by atoms with Gasteiger partial charge < -0.3 is 9.47 Å². The quantitative estimate of drug-likeness (QED) is 0.520. The Balaban J connectivity index is 1.72. The van der Waals surface area contributed by atoms with E-state index in [0.29, 0.717) is 12.2 Å². The number of rotatable bonds is 6. The second kappa shape index (κ2) is 8.18. The molecule has 0 atom stereocenters. The van der Waals surface area contributed by atoms with Crippen molar-refractivity contribution in [2.24, 2.45) is 0 Å². The Morgan fingerprint density at radius 1 is 0.923 bits per heavy atom. The van der Waals surface area contributed by atoms with E-state index < -0.39 is 5.91 Å². The topological polar surface area (TPSA) is 67.8 Å². The van der Waals surface area contributed by atoms with Crippen LogP contribution in [0.3, 0.4) is 0 Å². The number of carbonyl (C=O) groups excluding carboxylic acids is 1. The highest BCUT2D eigenvalue weighted by Crippen LogP contribution is 2.25. The summed E-state index contributed by atoms with van der Waals surface area (Å²) in [6, 6.07) is 22.4. The number of carbonyl (C=O) groups is 1. The standard InChI is InChI=1S/C21H19NO4/c1-25-19-6-2-4-15(12-19)14-26-20-7-3-5-18(13-20)16-8-10-17(11-9-16)21(23)22-24/h2-13,24H,14H2,1H3,(H,22,23). The van der Waals surface area contributed by atoms with E-state index in [0.717, 1.165) is 28.2 Å². The number of nitrogens with one attached hydrogen (secondary N) is 1. The van der Waals surface area contributed by atoms with Crippen LogP contribution in [0.1, 0.15) is 15.9 Å². The van der Waals surface area contributed by atoms with Crippen molar-refractivity contribution in [2.75, 3.05) is 7.11 Å². The van der Waals surface area contributed by atoms with Gasteiger partial charge in [0.25, 0.3) is 5.91 Å². The highest BCUT2D eigenvalue weighted by molar-refractivity contribution is 5.93. The van der Waals surface area contributed by atoms with Crippen molar-refractivity contribution < 1.29 is 19.5 Å². The molecule has 0 saturated carbocycles. The number of ether oxygens (including phenoxy) is 2. The molecule has 0 spiro atoms. The maximum Gasteiger partial charge on any atom is 0.274 e. The van der Waals surface area contributed by atoms with Gasteiger partial charge in [0.2, 0.25) is 0 Å². The van der Waals surface area contributed by atoms with Crippen molar-refractivity contribution in [1.82, 2.24) is 5.48 Å². The number of amides is 1. The van der Waals surface area contributed by atoms with Crippen LogP contribution in [-0.4, -0.2) is 18.2 Å². The van der Waals surface area contributed by atoms with E-state index >= 15 is 0 Å². The van der Waals surface area contributed by atoms with Gasteiger partial charge in [0.1, 0.15) is 18.1 Å². The Bertz CT molecular complexity index is 891. The number of hydrogen-bond acceptors (Lipinski definition) is 4. The van der Waals surface area contributed by atoms with Crippen molar-refractivity contribution in [1.29, 1.82) is 0 Å². The molecule has 26 heavy (non-hydrogen) atoms. The minimum absolute atomic E-state index is 0.390. The molecule has 0 unspecified atom stereocenters. The summed E-state index contributed by atoms with van der Waals surface area (Å²) >= 11 is 0.